The van der Waals surface area contributed by atoms with E-state index in [0.717, 1.165) is 0 Å². The number of hydrogen-bond donors (Lipinski definition) is 1. The number of aromatic nitrogens is 3. The zero-order chi connectivity index (χ0) is 14.8. The number of rotatable bonds is 5. The van der Waals surface area contributed by atoms with Gasteiger partial charge in [-0.25, -0.2) is 4.98 Å². The molecule has 7 heteroatoms. The third kappa shape index (κ3) is 3.77. The normalized spacial score (nSPS) is 11.6. The SMILES string of the molecule is CC(C)(CC(=O)O)Cc1nnc(-c2ccc(Cl)cn2)o1. The van der Waals surface area contributed by atoms with E-state index in [9.17, 15) is 4.79 Å². The van der Waals surface area contributed by atoms with E-state index in [1.807, 2.05) is 13.8 Å². The largest absolute Gasteiger partial charge is 0.481 e. The van der Waals surface area contributed by atoms with Gasteiger partial charge in [-0.15, -0.1) is 10.2 Å². The first-order valence-electron chi connectivity index (χ1n) is 6.02. The van der Waals surface area contributed by atoms with Gasteiger partial charge in [-0.05, 0) is 17.5 Å². The molecule has 0 fully saturated rings. The van der Waals surface area contributed by atoms with Crippen molar-refractivity contribution in [3.05, 3.63) is 29.2 Å². The fourth-order valence-corrected chi connectivity index (χ4v) is 1.92. The summed E-state index contributed by atoms with van der Waals surface area (Å²) in [6.07, 6.45) is 1.92. The Kier molecular flexibility index (Phi) is 4.04. The average Bonchev–Trinajstić information content (AvgIpc) is 2.75. The summed E-state index contributed by atoms with van der Waals surface area (Å²) in [6, 6.07) is 3.37. The predicted octanol–water partition coefficient (Wildman–Crippen LogP) is 2.83. The molecule has 0 aliphatic rings. The number of hydrogen-bond acceptors (Lipinski definition) is 5. The van der Waals surface area contributed by atoms with Crippen LogP contribution in [0.4, 0.5) is 0 Å². The highest BCUT2D eigenvalue weighted by Gasteiger charge is 2.25. The highest BCUT2D eigenvalue weighted by Crippen LogP contribution is 2.26. The Morgan fingerprint density at radius 2 is 2.15 bits per heavy atom. The lowest BCUT2D eigenvalue weighted by Crippen LogP contribution is -2.19. The van der Waals surface area contributed by atoms with E-state index >= 15 is 0 Å². The smallest absolute Gasteiger partial charge is 0.303 e. The van der Waals surface area contributed by atoms with Gasteiger partial charge in [0.15, 0.2) is 0 Å². The van der Waals surface area contributed by atoms with Gasteiger partial charge in [-0.2, -0.15) is 0 Å². The summed E-state index contributed by atoms with van der Waals surface area (Å²) >= 11 is 5.76. The molecule has 1 N–H and O–H groups in total. The van der Waals surface area contributed by atoms with Crippen LogP contribution < -0.4 is 0 Å². The van der Waals surface area contributed by atoms with Crippen LogP contribution in [0.1, 0.15) is 26.2 Å². The summed E-state index contributed by atoms with van der Waals surface area (Å²) in [7, 11) is 0. The van der Waals surface area contributed by atoms with Crippen molar-refractivity contribution in [1.29, 1.82) is 0 Å². The Morgan fingerprint density at radius 1 is 1.40 bits per heavy atom. The zero-order valence-corrected chi connectivity index (χ0v) is 11.9. The standard InChI is InChI=1S/C13H14ClN3O3/c1-13(2,6-11(18)19)5-10-16-17-12(20-10)9-4-3-8(14)7-15-9/h3-4,7H,5-6H2,1-2H3,(H,18,19). The summed E-state index contributed by atoms with van der Waals surface area (Å²) in [5.74, 6) is -0.167. The van der Waals surface area contributed by atoms with Crippen molar-refractivity contribution in [2.24, 2.45) is 5.41 Å². The van der Waals surface area contributed by atoms with Gasteiger partial charge in [-0.1, -0.05) is 25.4 Å². The molecule has 0 atom stereocenters. The number of pyridine rings is 1. The number of nitrogens with zero attached hydrogens (tertiary/aromatic N) is 3. The average molecular weight is 296 g/mol. The van der Waals surface area contributed by atoms with E-state index in [0.29, 0.717) is 28.9 Å². The third-order valence-corrected chi connectivity index (χ3v) is 2.90. The maximum Gasteiger partial charge on any atom is 0.303 e. The van der Waals surface area contributed by atoms with Gasteiger partial charge in [0, 0.05) is 12.6 Å². The number of halogens is 1. The summed E-state index contributed by atoms with van der Waals surface area (Å²) in [4.78, 5) is 14.9. The molecule has 2 rings (SSSR count). The second kappa shape index (κ2) is 5.58. The molecular weight excluding hydrogens is 282 g/mol. The molecule has 0 spiro atoms. The van der Waals surface area contributed by atoms with Gasteiger partial charge in [0.2, 0.25) is 5.89 Å². The van der Waals surface area contributed by atoms with Crippen LogP contribution in [0.2, 0.25) is 5.02 Å². The van der Waals surface area contributed by atoms with Gasteiger partial charge in [0.1, 0.15) is 5.69 Å². The quantitative estimate of drug-likeness (QED) is 0.912. The second-order valence-electron chi connectivity index (χ2n) is 5.27. The molecule has 0 amide bonds. The Labute approximate surface area is 120 Å². The van der Waals surface area contributed by atoms with Crippen LogP contribution in [0, 0.1) is 5.41 Å². The Morgan fingerprint density at radius 3 is 2.75 bits per heavy atom. The highest BCUT2D eigenvalue weighted by atomic mass is 35.5. The van der Waals surface area contributed by atoms with Gasteiger partial charge >= 0.3 is 5.97 Å². The van der Waals surface area contributed by atoms with Gasteiger partial charge in [-0.3, -0.25) is 4.79 Å². The number of carboxylic acid groups (broad SMARTS) is 1. The third-order valence-electron chi connectivity index (χ3n) is 2.67. The molecule has 0 saturated carbocycles. The molecule has 2 aromatic heterocycles. The first kappa shape index (κ1) is 14.5. The molecule has 6 nitrogen and oxygen atoms in total. The summed E-state index contributed by atoms with van der Waals surface area (Å²) in [5.41, 5.74) is 0.0764. The lowest BCUT2D eigenvalue weighted by Gasteiger charge is -2.19. The Hall–Kier alpha value is -1.95. The minimum Gasteiger partial charge on any atom is -0.481 e. The Balaban J connectivity index is 2.13. The van der Waals surface area contributed by atoms with Crippen LogP contribution in [0.15, 0.2) is 22.7 Å². The fourth-order valence-electron chi connectivity index (χ4n) is 1.81. The molecule has 20 heavy (non-hydrogen) atoms. The van der Waals surface area contributed by atoms with Crippen molar-refractivity contribution < 1.29 is 14.3 Å². The molecule has 0 unspecified atom stereocenters. The summed E-state index contributed by atoms with van der Waals surface area (Å²) in [6.45, 7) is 3.68. The minimum absolute atomic E-state index is 0.0317. The minimum atomic E-state index is -0.853. The second-order valence-corrected chi connectivity index (χ2v) is 5.71. The van der Waals surface area contributed by atoms with Crippen LogP contribution in [0.25, 0.3) is 11.6 Å². The van der Waals surface area contributed by atoms with Crippen LogP contribution >= 0.6 is 11.6 Å². The van der Waals surface area contributed by atoms with Crippen molar-refractivity contribution in [3.8, 4) is 11.6 Å². The van der Waals surface area contributed by atoms with E-state index in [1.165, 1.54) is 6.20 Å². The summed E-state index contributed by atoms with van der Waals surface area (Å²) in [5, 5.41) is 17.2. The molecule has 0 aliphatic carbocycles. The van der Waals surface area contributed by atoms with E-state index in [2.05, 4.69) is 15.2 Å². The van der Waals surface area contributed by atoms with Crippen LogP contribution in [0.5, 0.6) is 0 Å². The number of aliphatic carboxylic acids is 1. The molecular formula is C13H14ClN3O3. The van der Waals surface area contributed by atoms with Crippen molar-refractivity contribution in [2.75, 3.05) is 0 Å². The van der Waals surface area contributed by atoms with Crippen molar-refractivity contribution in [1.82, 2.24) is 15.2 Å². The van der Waals surface area contributed by atoms with Crippen molar-refractivity contribution in [2.45, 2.75) is 26.7 Å². The predicted molar refractivity (Wildman–Crippen MR) is 72.3 cm³/mol. The molecule has 0 aromatic carbocycles. The maximum atomic E-state index is 10.8. The molecule has 2 heterocycles. The van der Waals surface area contributed by atoms with Gasteiger partial charge in [0.05, 0.1) is 11.4 Å². The first-order chi connectivity index (χ1) is 9.35. The maximum absolute atomic E-state index is 10.8. The number of carboxylic acids is 1. The monoisotopic (exact) mass is 295 g/mol. The van der Waals surface area contributed by atoms with E-state index in [4.69, 9.17) is 21.1 Å². The molecule has 0 radical (unpaired) electrons. The van der Waals surface area contributed by atoms with Gasteiger partial charge in [0.25, 0.3) is 5.89 Å². The van der Waals surface area contributed by atoms with Gasteiger partial charge < -0.3 is 9.52 Å². The molecule has 2 aromatic rings. The fraction of sp³-hybridized carbons (Fsp3) is 0.385. The van der Waals surface area contributed by atoms with E-state index < -0.39 is 11.4 Å². The van der Waals surface area contributed by atoms with E-state index in [-0.39, 0.29) is 6.42 Å². The molecule has 0 aliphatic heterocycles. The van der Waals surface area contributed by atoms with E-state index in [1.54, 1.807) is 12.1 Å². The highest BCUT2D eigenvalue weighted by molar-refractivity contribution is 6.30. The number of carbonyl (C=O) groups is 1. The van der Waals surface area contributed by atoms with Crippen LogP contribution in [-0.2, 0) is 11.2 Å². The topological polar surface area (TPSA) is 89.1 Å². The lowest BCUT2D eigenvalue weighted by atomic mass is 9.86. The van der Waals surface area contributed by atoms with Crippen molar-refractivity contribution >= 4 is 17.6 Å². The zero-order valence-electron chi connectivity index (χ0n) is 11.1. The molecule has 106 valence electrons. The first-order valence-corrected chi connectivity index (χ1v) is 6.40. The molecule has 0 bridgehead atoms. The van der Waals surface area contributed by atoms with Crippen molar-refractivity contribution in [3.63, 3.8) is 0 Å². The lowest BCUT2D eigenvalue weighted by molar-refractivity contribution is -0.139. The Bertz CT molecular complexity index is 608. The van der Waals surface area contributed by atoms with Crippen LogP contribution in [0.3, 0.4) is 0 Å². The molecule has 0 saturated heterocycles. The van der Waals surface area contributed by atoms with Crippen LogP contribution in [-0.4, -0.2) is 26.3 Å². The summed E-state index contributed by atoms with van der Waals surface area (Å²) < 4.78 is 5.51.